The van der Waals surface area contributed by atoms with Gasteiger partial charge in [-0.3, -0.25) is 19.8 Å². The Balaban J connectivity index is 1.50. The number of methoxy groups -OCH3 is 1. The first kappa shape index (κ1) is 19.6. The van der Waals surface area contributed by atoms with E-state index < -0.39 is 4.92 Å². The van der Waals surface area contributed by atoms with Crippen LogP contribution in [0.4, 0.5) is 11.4 Å². The molecule has 1 saturated heterocycles. The molecule has 3 rings (SSSR count). The van der Waals surface area contributed by atoms with Crippen LogP contribution in [0.15, 0.2) is 42.5 Å². The molecule has 0 bridgehead atoms. The minimum Gasteiger partial charge on any atom is -0.497 e. The summed E-state index contributed by atoms with van der Waals surface area (Å²) in [6.07, 6.45) is 0.623. The van der Waals surface area contributed by atoms with Gasteiger partial charge < -0.3 is 14.4 Å². The van der Waals surface area contributed by atoms with E-state index >= 15 is 0 Å². The molecular formula is C20H23N3O5. The van der Waals surface area contributed by atoms with Crippen LogP contribution in [0, 0.1) is 10.1 Å². The molecule has 0 unspecified atom stereocenters. The molecule has 0 spiro atoms. The average molecular weight is 385 g/mol. The van der Waals surface area contributed by atoms with Gasteiger partial charge in [-0.1, -0.05) is 0 Å². The van der Waals surface area contributed by atoms with Crippen molar-refractivity contribution in [2.24, 2.45) is 0 Å². The molecule has 148 valence electrons. The first-order chi connectivity index (χ1) is 13.6. The van der Waals surface area contributed by atoms with Crippen molar-refractivity contribution in [2.75, 3.05) is 51.3 Å². The maximum atomic E-state index is 11.3. The van der Waals surface area contributed by atoms with Crippen molar-refractivity contribution in [3.05, 3.63) is 58.1 Å². The summed E-state index contributed by atoms with van der Waals surface area (Å²) in [4.78, 5) is 26.1. The second-order valence-electron chi connectivity index (χ2n) is 6.48. The lowest BCUT2D eigenvalue weighted by Crippen LogP contribution is -2.47. The van der Waals surface area contributed by atoms with Gasteiger partial charge in [0.05, 0.1) is 12.0 Å². The summed E-state index contributed by atoms with van der Waals surface area (Å²) in [6, 6.07) is 12.1. The zero-order valence-corrected chi connectivity index (χ0v) is 15.7. The van der Waals surface area contributed by atoms with Crippen LogP contribution in [0.25, 0.3) is 0 Å². The maximum absolute atomic E-state index is 11.3. The molecule has 2 aromatic rings. The molecule has 0 aliphatic carbocycles. The Kier molecular flexibility index (Phi) is 6.44. The number of hydrogen-bond acceptors (Lipinski definition) is 7. The minimum absolute atomic E-state index is 0.0270. The van der Waals surface area contributed by atoms with E-state index in [2.05, 4.69) is 4.90 Å². The minimum atomic E-state index is -0.433. The Morgan fingerprint density at radius 2 is 1.75 bits per heavy atom. The van der Waals surface area contributed by atoms with E-state index in [0.29, 0.717) is 37.2 Å². The van der Waals surface area contributed by atoms with Crippen LogP contribution < -0.4 is 14.4 Å². The Bertz CT molecular complexity index is 817. The van der Waals surface area contributed by atoms with Gasteiger partial charge in [0.2, 0.25) is 0 Å². The summed E-state index contributed by atoms with van der Waals surface area (Å²) in [5.41, 5.74) is 0.843. The number of carbonyl (C=O) groups excluding carboxylic acids is 1. The number of nitrogens with zero attached hydrogens (tertiary/aromatic N) is 3. The Morgan fingerprint density at radius 3 is 2.36 bits per heavy atom. The number of nitro groups is 1. The molecule has 2 aromatic carbocycles. The van der Waals surface area contributed by atoms with Crippen LogP contribution in [-0.4, -0.2) is 62.5 Å². The summed E-state index contributed by atoms with van der Waals surface area (Å²) in [7, 11) is 1.63. The van der Waals surface area contributed by atoms with Gasteiger partial charge in [-0.05, 0) is 36.4 Å². The quantitative estimate of drug-likeness (QED) is 0.392. The Labute approximate surface area is 163 Å². The molecule has 1 heterocycles. The molecule has 0 saturated carbocycles. The number of hydrogen-bond donors (Lipinski definition) is 0. The molecule has 28 heavy (non-hydrogen) atoms. The van der Waals surface area contributed by atoms with Gasteiger partial charge in [-0.25, -0.2) is 0 Å². The van der Waals surface area contributed by atoms with Gasteiger partial charge in [0.25, 0.3) is 5.69 Å². The van der Waals surface area contributed by atoms with E-state index in [4.69, 9.17) is 9.47 Å². The van der Waals surface area contributed by atoms with Crippen LogP contribution in [0.1, 0.15) is 10.4 Å². The topological polar surface area (TPSA) is 85.2 Å². The average Bonchev–Trinajstić information content (AvgIpc) is 2.74. The summed E-state index contributed by atoms with van der Waals surface area (Å²) in [6.45, 7) is 4.30. The third-order valence-corrected chi connectivity index (χ3v) is 4.78. The maximum Gasteiger partial charge on any atom is 0.293 e. The molecule has 0 atom stereocenters. The lowest BCUT2D eigenvalue weighted by atomic mass is 10.1. The summed E-state index contributed by atoms with van der Waals surface area (Å²) in [5.74, 6) is 1.59. The number of benzene rings is 2. The van der Waals surface area contributed by atoms with Crippen LogP contribution in [-0.2, 0) is 0 Å². The Hall–Kier alpha value is -3.13. The number of anilines is 1. The Morgan fingerprint density at radius 1 is 1.07 bits per heavy atom. The fourth-order valence-electron chi connectivity index (χ4n) is 3.20. The summed E-state index contributed by atoms with van der Waals surface area (Å²) >= 11 is 0. The molecule has 0 N–H and O–H groups in total. The van der Waals surface area contributed by atoms with Gasteiger partial charge in [-0.2, -0.15) is 0 Å². The van der Waals surface area contributed by atoms with Gasteiger partial charge in [0.1, 0.15) is 30.1 Å². The zero-order chi connectivity index (χ0) is 19.9. The fourth-order valence-corrected chi connectivity index (χ4v) is 3.20. The highest BCUT2D eigenvalue weighted by molar-refractivity contribution is 5.79. The highest BCUT2D eigenvalue weighted by Crippen LogP contribution is 2.29. The number of piperazine rings is 1. The summed E-state index contributed by atoms with van der Waals surface area (Å²) < 4.78 is 10.9. The standard InChI is InChI=1S/C20H23N3O5/c1-27-17-3-5-18(6-4-17)28-13-12-21-8-10-22(11-9-21)19-7-2-16(15-24)14-20(19)23(25)26/h2-7,14-15H,8-13H2,1H3. The number of ether oxygens (including phenoxy) is 2. The fraction of sp³-hybridized carbons (Fsp3) is 0.350. The highest BCUT2D eigenvalue weighted by atomic mass is 16.6. The molecule has 8 heteroatoms. The molecule has 1 aliphatic heterocycles. The first-order valence-corrected chi connectivity index (χ1v) is 9.08. The van der Waals surface area contributed by atoms with Crippen molar-refractivity contribution in [2.45, 2.75) is 0 Å². The van der Waals surface area contributed by atoms with Gasteiger partial charge >= 0.3 is 0 Å². The van der Waals surface area contributed by atoms with Crippen molar-refractivity contribution in [3.63, 3.8) is 0 Å². The molecule has 0 amide bonds. The van der Waals surface area contributed by atoms with Crippen molar-refractivity contribution in [1.29, 1.82) is 0 Å². The lowest BCUT2D eigenvalue weighted by molar-refractivity contribution is -0.384. The smallest absolute Gasteiger partial charge is 0.293 e. The van der Waals surface area contributed by atoms with Crippen LogP contribution in [0.2, 0.25) is 0 Å². The molecule has 1 fully saturated rings. The highest BCUT2D eigenvalue weighted by Gasteiger charge is 2.24. The van der Waals surface area contributed by atoms with Gasteiger partial charge in [0, 0.05) is 44.4 Å². The van der Waals surface area contributed by atoms with Crippen LogP contribution >= 0.6 is 0 Å². The van der Waals surface area contributed by atoms with Crippen molar-refractivity contribution >= 4 is 17.7 Å². The van der Waals surface area contributed by atoms with Crippen LogP contribution in [0.3, 0.4) is 0 Å². The second-order valence-corrected chi connectivity index (χ2v) is 6.48. The SMILES string of the molecule is COc1ccc(OCCN2CCN(c3ccc(C=O)cc3[N+](=O)[O-])CC2)cc1. The normalized spacial score (nSPS) is 14.5. The molecule has 8 nitrogen and oxygen atoms in total. The van der Waals surface area contributed by atoms with Gasteiger partial charge in [-0.15, -0.1) is 0 Å². The van der Waals surface area contributed by atoms with E-state index in [1.54, 1.807) is 19.2 Å². The third kappa shape index (κ3) is 4.77. The van der Waals surface area contributed by atoms with Crippen molar-refractivity contribution in [3.8, 4) is 11.5 Å². The largest absolute Gasteiger partial charge is 0.497 e. The zero-order valence-electron chi connectivity index (χ0n) is 15.7. The number of nitro benzene ring substituents is 1. The molecule has 1 aliphatic rings. The molecule has 0 radical (unpaired) electrons. The third-order valence-electron chi connectivity index (χ3n) is 4.78. The number of rotatable bonds is 8. The van der Waals surface area contributed by atoms with Crippen molar-refractivity contribution in [1.82, 2.24) is 4.90 Å². The predicted molar refractivity (Wildman–Crippen MR) is 106 cm³/mol. The second kappa shape index (κ2) is 9.18. The van der Waals surface area contributed by atoms with E-state index in [1.807, 2.05) is 29.2 Å². The monoisotopic (exact) mass is 385 g/mol. The van der Waals surface area contributed by atoms with Crippen molar-refractivity contribution < 1.29 is 19.2 Å². The van der Waals surface area contributed by atoms with Crippen LogP contribution in [0.5, 0.6) is 11.5 Å². The van der Waals surface area contributed by atoms with E-state index in [9.17, 15) is 14.9 Å². The first-order valence-electron chi connectivity index (χ1n) is 9.08. The number of carbonyl (C=O) groups is 1. The molecular weight excluding hydrogens is 362 g/mol. The van der Waals surface area contributed by atoms with E-state index in [0.717, 1.165) is 31.1 Å². The summed E-state index contributed by atoms with van der Waals surface area (Å²) in [5, 5.41) is 11.3. The van der Waals surface area contributed by atoms with Gasteiger partial charge in [0.15, 0.2) is 0 Å². The molecule has 0 aromatic heterocycles. The van der Waals surface area contributed by atoms with E-state index in [1.165, 1.54) is 6.07 Å². The van der Waals surface area contributed by atoms with E-state index in [-0.39, 0.29) is 5.69 Å². The predicted octanol–water partition coefficient (Wildman–Crippen LogP) is 2.62. The lowest BCUT2D eigenvalue weighted by Gasteiger charge is -2.35. The number of aldehydes is 1.